The Balaban J connectivity index is 3.19. The number of azide groups is 1. The van der Waals surface area contributed by atoms with E-state index in [0.29, 0.717) is 11.3 Å². The monoisotopic (exact) mass is 271 g/mol. The molecular weight excluding hydrogens is 262 g/mol. The Bertz CT molecular complexity index is 391. The van der Waals surface area contributed by atoms with Gasteiger partial charge in [0.1, 0.15) is 5.75 Å². The summed E-state index contributed by atoms with van der Waals surface area (Å²) in [5, 5.41) is 12.6. The van der Waals surface area contributed by atoms with Crippen molar-refractivity contribution in [2.24, 2.45) is 5.11 Å². The number of benzene rings is 1. The Kier molecular flexibility index (Phi) is 4.42. The number of halogens is 1. The lowest BCUT2D eigenvalue weighted by Crippen LogP contribution is -2.02. The number of hydrogen-bond donors (Lipinski definition) is 1. The molecule has 1 aromatic carbocycles. The van der Waals surface area contributed by atoms with Crippen LogP contribution in [0.2, 0.25) is 0 Å². The summed E-state index contributed by atoms with van der Waals surface area (Å²) in [5.41, 5.74) is 9.02. The SMILES string of the molecule is COc1ccc(Br)cc1C(CO)N=[N+]=[N-]. The third-order valence-corrected chi connectivity index (χ3v) is 2.41. The molecular formula is C9H10BrN3O2. The van der Waals surface area contributed by atoms with E-state index in [1.54, 1.807) is 12.1 Å². The van der Waals surface area contributed by atoms with Crippen molar-refractivity contribution in [2.45, 2.75) is 6.04 Å². The molecule has 0 heterocycles. The van der Waals surface area contributed by atoms with E-state index in [1.807, 2.05) is 6.07 Å². The van der Waals surface area contributed by atoms with Gasteiger partial charge in [-0.2, -0.15) is 0 Å². The fourth-order valence-electron chi connectivity index (χ4n) is 1.23. The van der Waals surface area contributed by atoms with Crippen molar-refractivity contribution >= 4 is 15.9 Å². The molecule has 5 nitrogen and oxygen atoms in total. The Morgan fingerprint density at radius 1 is 1.67 bits per heavy atom. The second kappa shape index (κ2) is 5.60. The summed E-state index contributed by atoms with van der Waals surface area (Å²) >= 11 is 3.30. The topological polar surface area (TPSA) is 78.2 Å². The number of rotatable bonds is 4. The molecule has 1 N–H and O–H groups in total. The molecule has 0 amide bonds. The molecule has 15 heavy (non-hydrogen) atoms. The van der Waals surface area contributed by atoms with E-state index in [4.69, 9.17) is 15.4 Å². The molecule has 0 aliphatic rings. The van der Waals surface area contributed by atoms with Gasteiger partial charge in [0, 0.05) is 14.9 Å². The van der Waals surface area contributed by atoms with Gasteiger partial charge in [0.15, 0.2) is 0 Å². The number of aliphatic hydroxyl groups is 1. The van der Waals surface area contributed by atoms with E-state index in [2.05, 4.69) is 26.0 Å². The van der Waals surface area contributed by atoms with Gasteiger partial charge in [-0.3, -0.25) is 0 Å². The molecule has 0 saturated carbocycles. The van der Waals surface area contributed by atoms with Crippen molar-refractivity contribution < 1.29 is 9.84 Å². The second-order valence-corrected chi connectivity index (χ2v) is 3.71. The van der Waals surface area contributed by atoms with Crippen molar-refractivity contribution in [3.63, 3.8) is 0 Å². The summed E-state index contributed by atoms with van der Waals surface area (Å²) in [4.78, 5) is 2.68. The van der Waals surface area contributed by atoms with Gasteiger partial charge in [0.2, 0.25) is 0 Å². The minimum atomic E-state index is -0.623. The first-order chi connectivity index (χ1) is 7.22. The van der Waals surface area contributed by atoms with Crippen LogP contribution in [0.3, 0.4) is 0 Å². The largest absolute Gasteiger partial charge is 0.496 e. The van der Waals surface area contributed by atoms with Crippen LogP contribution in [0.4, 0.5) is 0 Å². The maximum atomic E-state index is 9.09. The summed E-state index contributed by atoms with van der Waals surface area (Å²) in [6, 6.07) is 4.69. The minimum Gasteiger partial charge on any atom is -0.496 e. The van der Waals surface area contributed by atoms with E-state index in [9.17, 15) is 0 Å². The highest BCUT2D eigenvalue weighted by atomic mass is 79.9. The Morgan fingerprint density at radius 2 is 2.40 bits per heavy atom. The Hall–Kier alpha value is -1.23. The van der Waals surface area contributed by atoms with Crippen molar-refractivity contribution in [3.05, 3.63) is 38.7 Å². The van der Waals surface area contributed by atoms with Gasteiger partial charge in [0.25, 0.3) is 0 Å². The highest BCUT2D eigenvalue weighted by molar-refractivity contribution is 9.10. The van der Waals surface area contributed by atoms with E-state index < -0.39 is 6.04 Å². The lowest BCUT2D eigenvalue weighted by atomic mass is 10.1. The highest BCUT2D eigenvalue weighted by Gasteiger charge is 2.13. The van der Waals surface area contributed by atoms with Crippen LogP contribution >= 0.6 is 15.9 Å². The standard InChI is InChI=1S/C9H10BrN3O2/c1-15-9-3-2-6(10)4-7(9)8(5-14)12-13-11/h2-4,8,14H,5H2,1H3. The molecule has 80 valence electrons. The van der Waals surface area contributed by atoms with Crippen molar-refractivity contribution in [1.29, 1.82) is 0 Å². The Labute approximate surface area is 95.4 Å². The van der Waals surface area contributed by atoms with Crippen LogP contribution in [0.1, 0.15) is 11.6 Å². The summed E-state index contributed by atoms with van der Waals surface area (Å²) in [5.74, 6) is 0.588. The lowest BCUT2D eigenvalue weighted by molar-refractivity contribution is 0.264. The van der Waals surface area contributed by atoms with Crippen LogP contribution in [0.25, 0.3) is 10.4 Å². The maximum Gasteiger partial charge on any atom is 0.122 e. The average molecular weight is 272 g/mol. The van der Waals surface area contributed by atoms with Gasteiger partial charge < -0.3 is 9.84 Å². The molecule has 0 aliphatic heterocycles. The van der Waals surface area contributed by atoms with Crippen LogP contribution in [0.15, 0.2) is 27.8 Å². The van der Waals surface area contributed by atoms with Gasteiger partial charge in [-0.1, -0.05) is 21.0 Å². The third-order valence-electron chi connectivity index (χ3n) is 1.91. The molecule has 1 rings (SSSR count). The summed E-state index contributed by atoms with van der Waals surface area (Å²) in [6.07, 6.45) is 0. The van der Waals surface area contributed by atoms with E-state index >= 15 is 0 Å². The second-order valence-electron chi connectivity index (χ2n) is 2.79. The first kappa shape index (κ1) is 11.8. The van der Waals surface area contributed by atoms with E-state index in [0.717, 1.165) is 4.47 Å². The first-order valence-electron chi connectivity index (χ1n) is 4.21. The molecule has 0 aliphatic carbocycles. The molecule has 0 aromatic heterocycles. The molecule has 0 spiro atoms. The predicted octanol–water partition coefficient (Wildman–Crippen LogP) is 2.80. The van der Waals surface area contributed by atoms with Gasteiger partial charge in [-0.15, -0.1) is 0 Å². The Morgan fingerprint density at radius 3 is 2.93 bits per heavy atom. The number of hydrogen-bond acceptors (Lipinski definition) is 3. The lowest BCUT2D eigenvalue weighted by Gasteiger charge is -2.13. The number of aliphatic hydroxyl groups excluding tert-OH is 1. The molecule has 0 radical (unpaired) electrons. The van der Waals surface area contributed by atoms with Crippen LogP contribution in [-0.2, 0) is 0 Å². The number of methoxy groups -OCH3 is 1. The molecule has 0 bridgehead atoms. The first-order valence-corrected chi connectivity index (χ1v) is 5.00. The average Bonchev–Trinajstić information content (AvgIpc) is 2.26. The van der Waals surface area contributed by atoms with Crippen LogP contribution in [-0.4, -0.2) is 18.8 Å². The maximum absolute atomic E-state index is 9.09. The molecule has 1 aromatic rings. The van der Waals surface area contributed by atoms with E-state index in [1.165, 1.54) is 7.11 Å². The third kappa shape index (κ3) is 2.86. The molecule has 0 fully saturated rings. The van der Waals surface area contributed by atoms with Gasteiger partial charge in [-0.05, 0) is 23.7 Å². The number of nitrogens with zero attached hydrogens (tertiary/aromatic N) is 3. The molecule has 1 unspecified atom stereocenters. The predicted molar refractivity (Wildman–Crippen MR) is 59.7 cm³/mol. The minimum absolute atomic E-state index is 0.253. The summed E-state index contributed by atoms with van der Waals surface area (Å²) in [7, 11) is 1.53. The van der Waals surface area contributed by atoms with Crippen molar-refractivity contribution in [3.8, 4) is 5.75 Å². The summed E-state index contributed by atoms with van der Waals surface area (Å²) in [6.45, 7) is -0.253. The molecule has 1 atom stereocenters. The normalized spacial score (nSPS) is 11.7. The smallest absolute Gasteiger partial charge is 0.122 e. The highest BCUT2D eigenvalue weighted by Crippen LogP contribution is 2.30. The molecule has 6 heteroatoms. The fraction of sp³-hybridized carbons (Fsp3) is 0.333. The zero-order chi connectivity index (χ0) is 11.3. The van der Waals surface area contributed by atoms with Crippen LogP contribution in [0.5, 0.6) is 5.75 Å². The van der Waals surface area contributed by atoms with Crippen molar-refractivity contribution in [2.75, 3.05) is 13.7 Å². The quantitative estimate of drug-likeness (QED) is 0.519. The zero-order valence-corrected chi connectivity index (χ0v) is 9.68. The fourth-order valence-corrected chi connectivity index (χ4v) is 1.60. The van der Waals surface area contributed by atoms with Gasteiger partial charge >= 0.3 is 0 Å². The van der Waals surface area contributed by atoms with Crippen LogP contribution < -0.4 is 4.74 Å². The molecule has 0 saturated heterocycles. The van der Waals surface area contributed by atoms with Crippen LogP contribution in [0, 0.1) is 0 Å². The summed E-state index contributed by atoms with van der Waals surface area (Å²) < 4.78 is 5.95. The van der Waals surface area contributed by atoms with Gasteiger partial charge in [-0.25, -0.2) is 0 Å². The van der Waals surface area contributed by atoms with Crippen molar-refractivity contribution in [1.82, 2.24) is 0 Å². The van der Waals surface area contributed by atoms with Gasteiger partial charge in [0.05, 0.1) is 19.8 Å². The number of ether oxygens (including phenoxy) is 1. The van der Waals surface area contributed by atoms with E-state index in [-0.39, 0.29) is 6.61 Å². The zero-order valence-electron chi connectivity index (χ0n) is 8.09.